The summed E-state index contributed by atoms with van der Waals surface area (Å²) in [4.78, 5) is 50.0. The normalized spacial score (nSPS) is 13.9. The number of hydrogen-bond donors (Lipinski definition) is 1. The number of hydrogen-bond acceptors (Lipinski definition) is 5. The summed E-state index contributed by atoms with van der Waals surface area (Å²) in [6.07, 6.45) is 0. The van der Waals surface area contributed by atoms with Gasteiger partial charge in [0.1, 0.15) is 6.04 Å². The number of nitrogens with zero attached hydrogens (tertiary/aromatic N) is 1. The zero-order valence-corrected chi connectivity index (χ0v) is 15.8. The van der Waals surface area contributed by atoms with Crippen LogP contribution >= 0.6 is 0 Å². The first kappa shape index (κ1) is 19.3. The fourth-order valence-corrected chi connectivity index (χ4v) is 2.94. The molecule has 7 nitrogen and oxygen atoms in total. The third-order valence-electron chi connectivity index (χ3n) is 4.69. The van der Waals surface area contributed by atoms with Gasteiger partial charge in [0.05, 0.1) is 11.1 Å². The number of esters is 1. The largest absolute Gasteiger partial charge is 0.454 e. The van der Waals surface area contributed by atoms with Gasteiger partial charge in [0.2, 0.25) is 0 Å². The molecule has 0 radical (unpaired) electrons. The smallest absolute Gasteiger partial charge is 0.329 e. The highest BCUT2D eigenvalue weighted by Crippen LogP contribution is 2.24. The van der Waals surface area contributed by atoms with Gasteiger partial charge in [-0.3, -0.25) is 19.3 Å². The average molecular weight is 380 g/mol. The lowest BCUT2D eigenvalue weighted by Crippen LogP contribution is -2.44. The van der Waals surface area contributed by atoms with Gasteiger partial charge in [-0.15, -0.1) is 0 Å². The molecule has 1 aliphatic rings. The molecule has 0 saturated carbocycles. The van der Waals surface area contributed by atoms with Gasteiger partial charge in [-0.05, 0) is 56.2 Å². The van der Waals surface area contributed by atoms with Crippen LogP contribution in [0.3, 0.4) is 0 Å². The number of benzene rings is 2. The molecule has 1 heterocycles. The molecule has 7 heteroatoms. The molecule has 3 amide bonds. The maximum atomic E-state index is 12.4. The van der Waals surface area contributed by atoms with Crippen molar-refractivity contribution < 1.29 is 23.9 Å². The van der Waals surface area contributed by atoms with Gasteiger partial charge in [0, 0.05) is 5.69 Å². The molecule has 0 fully saturated rings. The first-order valence-electron chi connectivity index (χ1n) is 8.80. The van der Waals surface area contributed by atoms with Gasteiger partial charge < -0.3 is 10.1 Å². The van der Waals surface area contributed by atoms with Crippen molar-refractivity contribution in [3.05, 3.63) is 64.7 Å². The van der Waals surface area contributed by atoms with Crippen LogP contribution in [0.1, 0.15) is 38.8 Å². The van der Waals surface area contributed by atoms with Crippen LogP contribution in [0.25, 0.3) is 0 Å². The van der Waals surface area contributed by atoms with Gasteiger partial charge in [-0.1, -0.05) is 18.2 Å². The third kappa shape index (κ3) is 3.64. The topological polar surface area (TPSA) is 92.8 Å². The van der Waals surface area contributed by atoms with Gasteiger partial charge in [0.15, 0.2) is 6.61 Å². The number of aryl methyl sites for hydroxylation is 2. The summed E-state index contributed by atoms with van der Waals surface area (Å²) in [6, 6.07) is 10.7. The number of carbonyl (C=O) groups excluding carboxylic acids is 4. The van der Waals surface area contributed by atoms with Crippen LogP contribution in [-0.4, -0.2) is 41.2 Å². The Hall–Kier alpha value is -3.48. The second-order valence-electron chi connectivity index (χ2n) is 6.66. The molecule has 1 N–H and O–H groups in total. The van der Waals surface area contributed by atoms with Crippen LogP contribution in [0.2, 0.25) is 0 Å². The van der Waals surface area contributed by atoms with Crippen molar-refractivity contribution in [3.63, 3.8) is 0 Å². The zero-order valence-electron chi connectivity index (χ0n) is 15.8. The zero-order chi connectivity index (χ0) is 20.4. The third-order valence-corrected chi connectivity index (χ3v) is 4.69. The highest BCUT2D eigenvalue weighted by Gasteiger charge is 2.41. The predicted molar refractivity (Wildman–Crippen MR) is 102 cm³/mol. The molecule has 1 atom stereocenters. The van der Waals surface area contributed by atoms with E-state index in [2.05, 4.69) is 5.32 Å². The van der Waals surface area contributed by atoms with Crippen LogP contribution in [0, 0.1) is 13.8 Å². The number of imide groups is 1. The minimum Gasteiger partial charge on any atom is -0.454 e. The van der Waals surface area contributed by atoms with E-state index in [1.807, 2.05) is 26.0 Å². The maximum absolute atomic E-state index is 12.4. The summed E-state index contributed by atoms with van der Waals surface area (Å²) in [5.74, 6) is -2.44. The van der Waals surface area contributed by atoms with Crippen molar-refractivity contribution in [1.82, 2.24) is 4.90 Å². The maximum Gasteiger partial charge on any atom is 0.329 e. The lowest BCUT2D eigenvalue weighted by Gasteiger charge is -2.20. The van der Waals surface area contributed by atoms with E-state index in [9.17, 15) is 19.2 Å². The van der Waals surface area contributed by atoms with Crippen molar-refractivity contribution in [3.8, 4) is 0 Å². The van der Waals surface area contributed by atoms with E-state index >= 15 is 0 Å². The molecule has 0 aromatic heterocycles. The second kappa shape index (κ2) is 7.64. The predicted octanol–water partition coefficient (Wildman–Crippen LogP) is 2.47. The van der Waals surface area contributed by atoms with Crippen LogP contribution < -0.4 is 5.32 Å². The molecule has 0 unspecified atom stereocenters. The summed E-state index contributed by atoms with van der Waals surface area (Å²) in [6.45, 7) is 4.77. The highest BCUT2D eigenvalue weighted by atomic mass is 16.5. The number of carbonyl (C=O) groups is 4. The summed E-state index contributed by atoms with van der Waals surface area (Å²) < 4.78 is 5.00. The first-order chi connectivity index (χ1) is 13.3. The number of ether oxygens (including phenoxy) is 1. The molecule has 0 bridgehead atoms. The molecule has 1 aliphatic heterocycles. The van der Waals surface area contributed by atoms with E-state index in [1.165, 1.54) is 19.1 Å². The standard InChI is InChI=1S/C21H20N2O5/c1-12-8-9-15(10-13(12)2)22-18(24)11-28-21(27)14(3)23-19(25)16-6-4-5-7-17(16)20(23)26/h4-10,14H,11H2,1-3H3,(H,22,24)/t14-/m0/s1. The Kier molecular flexibility index (Phi) is 5.26. The monoisotopic (exact) mass is 380 g/mol. The Morgan fingerprint density at radius 3 is 2.18 bits per heavy atom. The van der Waals surface area contributed by atoms with Gasteiger partial charge >= 0.3 is 5.97 Å². The van der Waals surface area contributed by atoms with E-state index in [0.29, 0.717) is 5.69 Å². The van der Waals surface area contributed by atoms with Crippen molar-refractivity contribution in [2.75, 3.05) is 11.9 Å². The Balaban J connectivity index is 1.59. The van der Waals surface area contributed by atoms with Gasteiger partial charge in [0.25, 0.3) is 17.7 Å². The van der Waals surface area contributed by atoms with Crippen molar-refractivity contribution in [2.45, 2.75) is 26.8 Å². The number of anilines is 1. The molecule has 2 aromatic rings. The molecule has 2 aromatic carbocycles. The molecular weight excluding hydrogens is 360 g/mol. The molecule has 0 spiro atoms. The molecule has 28 heavy (non-hydrogen) atoms. The van der Waals surface area contributed by atoms with E-state index < -0.39 is 36.3 Å². The van der Waals surface area contributed by atoms with Crippen molar-refractivity contribution >= 4 is 29.4 Å². The average Bonchev–Trinajstić information content (AvgIpc) is 2.93. The van der Waals surface area contributed by atoms with Crippen LogP contribution in [-0.2, 0) is 14.3 Å². The number of fused-ring (bicyclic) bond motifs is 1. The minimum atomic E-state index is -1.14. The van der Waals surface area contributed by atoms with Gasteiger partial charge in [-0.25, -0.2) is 4.79 Å². The minimum absolute atomic E-state index is 0.250. The fourth-order valence-electron chi connectivity index (χ4n) is 2.94. The summed E-state index contributed by atoms with van der Waals surface area (Å²) in [7, 11) is 0. The number of amides is 3. The van der Waals surface area contributed by atoms with Crippen LogP contribution in [0.15, 0.2) is 42.5 Å². The van der Waals surface area contributed by atoms with E-state index in [1.54, 1.807) is 18.2 Å². The molecule has 0 saturated heterocycles. The van der Waals surface area contributed by atoms with E-state index in [-0.39, 0.29) is 11.1 Å². The summed E-state index contributed by atoms with van der Waals surface area (Å²) >= 11 is 0. The van der Waals surface area contributed by atoms with E-state index in [4.69, 9.17) is 4.74 Å². The quantitative estimate of drug-likeness (QED) is 0.635. The molecule has 0 aliphatic carbocycles. The lowest BCUT2D eigenvalue weighted by atomic mass is 10.1. The van der Waals surface area contributed by atoms with Crippen molar-refractivity contribution in [2.24, 2.45) is 0 Å². The summed E-state index contributed by atoms with van der Waals surface area (Å²) in [5, 5.41) is 2.64. The Labute approximate surface area is 162 Å². The lowest BCUT2D eigenvalue weighted by molar-refractivity contribution is -0.150. The SMILES string of the molecule is Cc1ccc(NC(=O)COC(=O)[C@H](C)N2C(=O)c3ccccc3C2=O)cc1C. The number of rotatable bonds is 5. The fraction of sp³-hybridized carbons (Fsp3) is 0.238. The van der Waals surface area contributed by atoms with Crippen LogP contribution in [0.5, 0.6) is 0 Å². The van der Waals surface area contributed by atoms with Crippen molar-refractivity contribution in [1.29, 1.82) is 0 Å². The Morgan fingerprint density at radius 2 is 1.61 bits per heavy atom. The second-order valence-corrected chi connectivity index (χ2v) is 6.66. The molecular formula is C21H20N2O5. The highest BCUT2D eigenvalue weighted by molar-refractivity contribution is 6.22. The van der Waals surface area contributed by atoms with Gasteiger partial charge in [-0.2, -0.15) is 0 Å². The van der Waals surface area contributed by atoms with Crippen LogP contribution in [0.4, 0.5) is 5.69 Å². The van der Waals surface area contributed by atoms with E-state index in [0.717, 1.165) is 16.0 Å². The summed E-state index contributed by atoms with van der Waals surface area (Å²) in [5.41, 5.74) is 3.21. The first-order valence-corrected chi connectivity index (χ1v) is 8.80. The molecule has 3 rings (SSSR count). The Morgan fingerprint density at radius 1 is 1.00 bits per heavy atom. The Bertz CT molecular complexity index is 948. The molecule has 144 valence electrons. The number of nitrogens with one attached hydrogen (secondary N) is 1.